The van der Waals surface area contributed by atoms with Gasteiger partial charge in [0.15, 0.2) is 0 Å². The smallest absolute Gasteiger partial charge is 0.0698 e. The molecule has 0 aliphatic carbocycles. The average Bonchev–Trinajstić information content (AvgIpc) is 2.58. The summed E-state index contributed by atoms with van der Waals surface area (Å²) in [5.41, 5.74) is 0. The van der Waals surface area contributed by atoms with Crippen molar-refractivity contribution in [3.63, 3.8) is 0 Å². The van der Waals surface area contributed by atoms with Crippen LogP contribution in [0.5, 0.6) is 0 Å². The maximum atomic E-state index is 8.09. The van der Waals surface area contributed by atoms with Crippen molar-refractivity contribution >= 4 is 0 Å². The second kappa shape index (κ2) is 43.3. The van der Waals surface area contributed by atoms with Crippen LogP contribution < -0.4 is 0 Å². The van der Waals surface area contributed by atoms with Crippen molar-refractivity contribution in [3.05, 3.63) is 12.7 Å². The van der Waals surface area contributed by atoms with Crippen LogP contribution in [0.1, 0.15) is 46.5 Å². The lowest BCUT2D eigenvalue weighted by atomic mass is 10.3. The second-order valence-electron chi connectivity index (χ2n) is 4.50. The number of unbranched alkanes of at least 4 members (excludes halogenated alkanes) is 2. The van der Waals surface area contributed by atoms with Crippen LogP contribution in [0.15, 0.2) is 12.7 Å². The van der Waals surface area contributed by atoms with Gasteiger partial charge in [0.2, 0.25) is 0 Å². The summed E-state index contributed by atoms with van der Waals surface area (Å²) < 4.78 is 14.4. The van der Waals surface area contributed by atoms with Crippen LogP contribution in [0.25, 0.3) is 0 Å². The molecule has 0 saturated carbocycles. The normalized spacial score (nSPS) is 8.79. The summed E-state index contributed by atoms with van der Waals surface area (Å²) in [5.74, 6) is 0. The second-order valence-corrected chi connectivity index (χ2v) is 4.50. The Kier molecular flexibility index (Phi) is 56.4. The summed E-state index contributed by atoms with van der Waals surface area (Å²) in [4.78, 5) is 0. The molecule has 0 radical (unpaired) electrons. The van der Waals surface area contributed by atoms with Crippen LogP contribution in [0.2, 0.25) is 0 Å². The van der Waals surface area contributed by atoms with Crippen molar-refractivity contribution in [1.82, 2.24) is 0 Å². The van der Waals surface area contributed by atoms with E-state index in [1.807, 2.05) is 6.92 Å². The molecule has 0 spiro atoms. The number of methoxy groups -OCH3 is 1. The number of aliphatic hydroxyl groups is 3. The zero-order valence-corrected chi connectivity index (χ0v) is 16.3. The zero-order chi connectivity index (χ0) is 19.3. The summed E-state index contributed by atoms with van der Waals surface area (Å²) >= 11 is 0. The van der Waals surface area contributed by atoms with E-state index in [1.165, 1.54) is 25.7 Å². The predicted molar refractivity (Wildman–Crippen MR) is 100 cm³/mol. The molecule has 0 aliphatic heterocycles. The lowest BCUT2D eigenvalue weighted by Gasteiger charge is -1.99. The van der Waals surface area contributed by atoms with Crippen LogP contribution in [-0.2, 0) is 14.2 Å². The number of allylic oxidation sites excluding steroid dienone is 1. The molecular formula is C18H42O6. The molecule has 0 amide bonds. The quantitative estimate of drug-likeness (QED) is 0.368. The van der Waals surface area contributed by atoms with Gasteiger partial charge >= 0.3 is 0 Å². The van der Waals surface area contributed by atoms with Crippen molar-refractivity contribution in [2.24, 2.45) is 0 Å². The van der Waals surface area contributed by atoms with E-state index in [1.54, 1.807) is 13.2 Å². The van der Waals surface area contributed by atoms with Crippen molar-refractivity contribution in [3.8, 4) is 0 Å². The molecule has 24 heavy (non-hydrogen) atoms. The minimum atomic E-state index is 0.0278. The van der Waals surface area contributed by atoms with Gasteiger partial charge in [0.05, 0.1) is 39.6 Å². The third-order valence-corrected chi connectivity index (χ3v) is 2.05. The van der Waals surface area contributed by atoms with E-state index < -0.39 is 0 Å². The summed E-state index contributed by atoms with van der Waals surface area (Å²) in [6.45, 7) is 12.8. The van der Waals surface area contributed by atoms with Crippen LogP contribution in [0.4, 0.5) is 0 Å². The number of ether oxygens (including phenoxy) is 3. The van der Waals surface area contributed by atoms with E-state index in [2.05, 4.69) is 29.9 Å². The standard InChI is InChI=1S/C8H18O.C4H10O3.C3H8O2.C3H6/c1-3-5-7-9-8-6-4-2;5-1-3-7-4-2-6;1-5-3-2-4;1-3-2/h3-8H2,1-2H3;5-6H,1-4H2;4H,2-3H2,1H3;3H,1H2,2H3. The van der Waals surface area contributed by atoms with Gasteiger partial charge in [-0.3, -0.25) is 0 Å². The Morgan fingerprint density at radius 1 is 0.750 bits per heavy atom. The van der Waals surface area contributed by atoms with E-state index in [-0.39, 0.29) is 19.8 Å². The fourth-order valence-electron chi connectivity index (χ4n) is 0.917. The first-order chi connectivity index (χ1) is 11.7. The molecule has 0 atom stereocenters. The van der Waals surface area contributed by atoms with Crippen molar-refractivity contribution in [2.45, 2.75) is 46.5 Å². The first-order valence-corrected chi connectivity index (χ1v) is 8.70. The average molecular weight is 355 g/mol. The Hall–Kier alpha value is -0.500. The van der Waals surface area contributed by atoms with Gasteiger partial charge in [-0.25, -0.2) is 0 Å². The van der Waals surface area contributed by atoms with Gasteiger partial charge in [0, 0.05) is 20.3 Å². The molecule has 6 nitrogen and oxygen atoms in total. The van der Waals surface area contributed by atoms with Crippen LogP contribution in [0.3, 0.4) is 0 Å². The van der Waals surface area contributed by atoms with Gasteiger partial charge < -0.3 is 29.5 Å². The molecule has 0 rings (SSSR count). The van der Waals surface area contributed by atoms with E-state index in [4.69, 9.17) is 20.1 Å². The van der Waals surface area contributed by atoms with Gasteiger partial charge in [0.1, 0.15) is 0 Å². The minimum absolute atomic E-state index is 0.0278. The van der Waals surface area contributed by atoms with Crippen LogP contribution in [-0.4, -0.2) is 75.3 Å². The van der Waals surface area contributed by atoms with Crippen molar-refractivity contribution in [2.75, 3.05) is 60.0 Å². The largest absolute Gasteiger partial charge is 0.394 e. The zero-order valence-electron chi connectivity index (χ0n) is 16.3. The topological polar surface area (TPSA) is 88.4 Å². The van der Waals surface area contributed by atoms with Crippen LogP contribution in [0, 0.1) is 0 Å². The molecule has 0 saturated heterocycles. The molecule has 0 heterocycles. The lowest BCUT2D eigenvalue weighted by molar-refractivity contribution is 0.0650. The van der Waals surface area contributed by atoms with Gasteiger partial charge in [-0.05, 0) is 19.8 Å². The summed E-state index contributed by atoms with van der Waals surface area (Å²) in [5, 5.41) is 24.1. The maximum absolute atomic E-state index is 8.09. The Balaban J connectivity index is -0.000000119. The molecule has 0 aromatic rings. The minimum Gasteiger partial charge on any atom is -0.394 e. The number of rotatable bonds is 12. The molecule has 0 aromatic carbocycles. The number of hydrogen-bond donors (Lipinski definition) is 3. The molecule has 3 N–H and O–H groups in total. The maximum Gasteiger partial charge on any atom is 0.0698 e. The highest BCUT2D eigenvalue weighted by atomic mass is 16.5. The van der Waals surface area contributed by atoms with Gasteiger partial charge in [-0.1, -0.05) is 32.8 Å². The van der Waals surface area contributed by atoms with E-state index in [9.17, 15) is 0 Å². The van der Waals surface area contributed by atoms with E-state index >= 15 is 0 Å². The van der Waals surface area contributed by atoms with E-state index in [0.717, 1.165) is 13.2 Å². The Labute approximate surface area is 149 Å². The fraction of sp³-hybridized carbons (Fsp3) is 0.889. The summed E-state index contributed by atoms with van der Waals surface area (Å²) in [6, 6.07) is 0. The fourth-order valence-corrected chi connectivity index (χ4v) is 0.917. The molecule has 0 unspecified atom stereocenters. The molecule has 0 fully saturated rings. The highest BCUT2D eigenvalue weighted by Crippen LogP contribution is 1.91. The molecular weight excluding hydrogens is 312 g/mol. The number of hydrogen-bond acceptors (Lipinski definition) is 6. The molecule has 0 bridgehead atoms. The number of aliphatic hydroxyl groups excluding tert-OH is 3. The van der Waals surface area contributed by atoms with Crippen LogP contribution >= 0.6 is 0 Å². The summed E-state index contributed by atoms with van der Waals surface area (Å²) in [6.07, 6.45) is 6.66. The first kappa shape index (κ1) is 31.3. The summed E-state index contributed by atoms with van der Waals surface area (Å²) in [7, 11) is 1.55. The molecule has 150 valence electrons. The monoisotopic (exact) mass is 354 g/mol. The van der Waals surface area contributed by atoms with Gasteiger partial charge in [-0.2, -0.15) is 0 Å². The van der Waals surface area contributed by atoms with Gasteiger partial charge in [-0.15, -0.1) is 6.58 Å². The molecule has 0 aliphatic rings. The highest BCUT2D eigenvalue weighted by Gasteiger charge is 1.84. The van der Waals surface area contributed by atoms with Gasteiger partial charge in [0.25, 0.3) is 0 Å². The first-order valence-electron chi connectivity index (χ1n) is 8.70. The van der Waals surface area contributed by atoms with E-state index in [0.29, 0.717) is 19.8 Å². The highest BCUT2D eigenvalue weighted by molar-refractivity contribution is 4.51. The predicted octanol–water partition coefficient (Wildman–Crippen LogP) is 2.41. The molecule has 6 heteroatoms. The van der Waals surface area contributed by atoms with Crippen molar-refractivity contribution in [1.29, 1.82) is 0 Å². The Bertz CT molecular complexity index is 156. The van der Waals surface area contributed by atoms with Crippen molar-refractivity contribution < 1.29 is 29.5 Å². The third-order valence-electron chi connectivity index (χ3n) is 2.05. The Morgan fingerprint density at radius 2 is 1.08 bits per heavy atom. The third kappa shape index (κ3) is 68.3. The lowest BCUT2D eigenvalue weighted by Crippen LogP contribution is -2.03. The Morgan fingerprint density at radius 3 is 1.29 bits per heavy atom. The SMILES string of the molecule is C=CC.CCCCOCCCC.COCCO.OCCOCCO. The molecule has 0 aromatic heterocycles.